The van der Waals surface area contributed by atoms with Gasteiger partial charge >= 0.3 is 18.0 Å². The van der Waals surface area contributed by atoms with Gasteiger partial charge in [0, 0.05) is 18.1 Å². The molecule has 9 heteroatoms. The minimum Gasteiger partial charge on any atom is -0.376 e. The molecule has 0 bridgehead atoms. The Kier molecular flexibility index (Phi) is 6.08. The highest BCUT2D eigenvalue weighted by Crippen LogP contribution is 2.43. The maximum atomic E-state index is 13.6. The Morgan fingerprint density at radius 2 is 1.59 bits per heavy atom. The summed E-state index contributed by atoms with van der Waals surface area (Å²) in [6.07, 6.45) is 0. The molecular weight excluding hydrogens is 434 g/mol. The van der Waals surface area contributed by atoms with Gasteiger partial charge in [-0.05, 0) is 36.9 Å². The van der Waals surface area contributed by atoms with E-state index in [2.05, 4.69) is 4.90 Å². The van der Waals surface area contributed by atoms with Crippen molar-refractivity contribution in [1.82, 2.24) is 9.80 Å². The molecule has 1 spiro atoms. The van der Waals surface area contributed by atoms with E-state index in [1.807, 2.05) is 44.2 Å². The van der Waals surface area contributed by atoms with Crippen LogP contribution < -0.4 is 4.90 Å². The van der Waals surface area contributed by atoms with Crippen LogP contribution in [0.4, 0.5) is 5.69 Å². The van der Waals surface area contributed by atoms with Crippen molar-refractivity contribution >= 4 is 35.1 Å². The lowest BCUT2D eigenvalue weighted by atomic mass is 10.1. The van der Waals surface area contributed by atoms with Crippen molar-refractivity contribution < 1.29 is 23.9 Å². The molecule has 0 aromatic heterocycles. The monoisotopic (exact) mass is 457 g/mol. The van der Waals surface area contributed by atoms with Gasteiger partial charge in [-0.15, -0.1) is 0 Å². The summed E-state index contributed by atoms with van der Waals surface area (Å²) in [5.74, 6) is -2.70. The largest absolute Gasteiger partial charge is 0.442 e. The molecule has 0 saturated carbocycles. The Bertz CT molecular complexity index is 1030. The van der Waals surface area contributed by atoms with Crippen LogP contribution in [-0.2, 0) is 25.6 Å². The summed E-state index contributed by atoms with van der Waals surface area (Å²) >= 11 is 6.20. The molecule has 2 aromatic carbocycles. The molecule has 2 heterocycles. The summed E-state index contributed by atoms with van der Waals surface area (Å²) in [7, 11) is 0. The molecule has 2 aliphatic rings. The summed E-state index contributed by atoms with van der Waals surface area (Å²) in [5.41, 5.74) is 1.69. The van der Waals surface area contributed by atoms with E-state index in [4.69, 9.17) is 21.1 Å². The Labute approximate surface area is 191 Å². The fraction of sp³-hybridized carbons (Fsp3) is 0.348. The van der Waals surface area contributed by atoms with E-state index in [1.165, 1.54) is 4.90 Å². The van der Waals surface area contributed by atoms with Gasteiger partial charge in [0.2, 0.25) is 0 Å². The third-order valence-electron chi connectivity index (χ3n) is 5.74. The van der Waals surface area contributed by atoms with Crippen LogP contribution in [0.5, 0.6) is 0 Å². The van der Waals surface area contributed by atoms with Gasteiger partial charge in [-0.25, -0.2) is 14.5 Å². The van der Waals surface area contributed by atoms with E-state index >= 15 is 0 Å². The van der Waals surface area contributed by atoms with Crippen LogP contribution in [-0.4, -0.2) is 59.9 Å². The summed E-state index contributed by atoms with van der Waals surface area (Å²) in [4.78, 5) is 43.1. The van der Waals surface area contributed by atoms with E-state index in [-0.39, 0.29) is 13.1 Å². The van der Waals surface area contributed by atoms with Crippen LogP contribution in [0.2, 0.25) is 5.02 Å². The molecule has 8 nitrogen and oxygen atoms in total. The minimum absolute atomic E-state index is 0.179. The molecule has 4 rings (SSSR count). The van der Waals surface area contributed by atoms with Crippen molar-refractivity contribution in [3.05, 3.63) is 64.7 Å². The molecule has 0 aliphatic carbocycles. The second kappa shape index (κ2) is 8.80. The smallest absolute Gasteiger partial charge is 0.376 e. The molecule has 0 unspecified atom stereocenters. The van der Waals surface area contributed by atoms with E-state index in [9.17, 15) is 14.4 Å². The Morgan fingerprint density at radius 3 is 2.22 bits per heavy atom. The first-order chi connectivity index (χ1) is 15.4. The summed E-state index contributed by atoms with van der Waals surface area (Å²) in [6.45, 7) is 6.50. The van der Waals surface area contributed by atoms with Crippen LogP contribution in [0.3, 0.4) is 0 Å². The molecule has 0 N–H and O–H groups in total. The zero-order valence-electron chi connectivity index (χ0n) is 17.9. The third kappa shape index (κ3) is 3.80. The minimum atomic E-state index is -2.00. The number of ether oxygens (including phenoxy) is 2. The van der Waals surface area contributed by atoms with Crippen molar-refractivity contribution in [3.8, 4) is 0 Å². The first kappa shape index (κ1) is 22.1. The number of benzene rings is 2. The highest BCUT2D eigenvalue weighted by atomic mass is 35.5. The summed E-state index contributed by atoms with van der Waals surface area (Å²) < 4.78 is 11.1. The normalized spacial score (nSPS) is 17.1. The highest BCUT2D eigenvalue weighted by molar-refractivity contribution is 6.32. The van der Waals surface area contributed by atoms with Crippen LogP contribution in [0.15, 0.2) is 48.5 Å². The summed E-state index contributed by atoms with van der Waals surface area (Å²) in [6, 6.07) is 12.3. The second-order valence-electron chi connectivity index (χ2n) is 7.54. The number of esters is 2. The second-order valence-corrected chi connectivity index (χ2v) is 7.98. The van der Waals surface area contributed by atoms with Gasteiger partial charge in [0.25, 0.3) is 5.91 Å². The van der Waals surface area contributed by atoms with Crippen molar-refractivity contribution in [2.24, 2.45) is 0 Å². The van der Waals surface area contributed by atoms with Crippen molar-refractivity contribution in [1.29, 1.82) is 0 Å². The molecule has 2 aliphatic heterocycles. The van der Waals surface area contributed by atoms with Gasteiger partial charge in [-0.1, -0.05) is 55.8 Å². The number of nitrogens with zero attached hydrogens (tertiary/aromatic N) is 3. The van der Waals surface area contributed by atoms with Crippen molar-refractivity contribution in [3.63, 3.8) is 0 Å². The standard InChI is InChI=1S/C23H24ClN3O5/c1-3-25(4-2)12-13-26-20(28)18-14-17(24)10-11-19(18)27(15-16-8-6-5-7-9-16)23(26)31-21(29)22(30)32-23/h5-11,14H,3-4,12-13,15H2,1-2H3. The van der Waals surface area contributed by atoms with Gasteiger partial charge in [0.05, 0.1) is 17.8 Å². The van der Waals surface area contributed by atoms with Crippen LogP contribution in [0.25, 0.3) is 0 Å². The molecule has 1 amide bonds. The molecule has 1 saturated heterocycles. The number of carbonyl (C=O) groups is 3. The number of hydrogen-bond donors (Lipinski definition) is 0. The van der Waals surface area contributed by atoms with Gasteiger partial charge in [0.1, 0.15) is 0 Å². The first-order valence-electron chi connectivity index (χ1n) is 10.5. The third-order valence-corrected chi connectivity index (χ3v) is 5.98. The van der Waals surface area contributed by atoms with E-state index in [0.717, 1.165) is 18.7 Å². The first-order valence-corrected chi connectivity index (χ1v) is 10.9. The number of carbonyl (C=O) groups excluding carboxylic acids is 3. The Morgan fingerprint density at radius 1 is 0.938 bits per heavy atom. The average Bonchev–Trinajstić information content (AvgIpc) is 3.09. The maximum Gasteiger partial charge on any atom is 0.442 e. The molecule has 0 radical (unpaired) electrons. The zero-order valence-corrected chi connectivity index (χ0v) is 18.7. The predicted octanol–water partition coefficient (Wildman–Crippen LogP) is 2.86. The van der Waals surface area contributed by atoms with Crippen LogP contribution >= 0.6 is 11.6 Å². The van der Waals surface area contributed by atoms with E-state index in [1.54, 1.807) is 23.1 Å². The number of halogens is 1. The number of hydrogen-bond acceptors (Lipinski definition) is 7. The topological polar surface area (TPSA) is 79.4 Å². The van der Waals surface area contributed by atoms with Gasteiger partial charge in [-0.3, -0.25) is 9.69 Å². The highest BCUT2D eigenvalue weighted by Gasteiger charge is 2.62. The maximum absolute atomic E-state index is 13.6. The van der Waals surface area contributed by atoms with Gasteiger partial charge in [0.15, 0.2) is 0 Å². The van der Waals surface area contributed by atoms with Crippen molar-refractivity contribution in [2.45, 2.75) is 26.4 Å². The summed E-state index contributed by atoms with van der Waals surface area (Å²) in [5, 5.41) is 0.400. The zero-order chi connectivity index (χ0) is 22.9. The number of likely N-dealkylation sites (N-methyl/N-ethyl adjacent to an activating group) is 1. The number of rotatable bonds is 7. The molecule has 32 heavy (non-hydrogen) atoms. The lowest BCUT2D eigenvalue weighted by Crippen LogP contribution is -2.67. The van der Waals surface area contributed by atoms with E-state index < -0.39 is 23.9 Å². The lowest BCUT2D eigenvalue weighted by molar-refractivity contribution is -0.238. The Balaban J connectivity index is 1.84. The molecule has 1 fully saturated rings. The number of anilines is 1. The van der Waals surface area contributed by atoms with E-state index in [0.29, 0.717) is 22.8 Å². The quantitative estimate of drug-likeness (QED) is 0.467. The molecular formula is C23H24ClN3O5. The fourth-order valence-electron chi connectivity index (χ4n) is 4.03. The fourth-order valence-corrected chi connectivity index (χ4v) is 4.20. The Hall–Kier alpha value is -3.10. The van der Waals surface area contributed by atoms with Crippen LogP contribution in [0.1, 0.15) is 29.8 Å². The molecule has 168 valence electrons. The number of fused-ring (bicyclic) bond motifs is 1. The van der Waals surface area contributed by atoms with Gasteiger partial charge < -0.3 is 14.4 Å². The van der Waals surface area contributed by atoms with Crippen molar-refractivity contribution in [2.75, 3.05) is 31.1 Å². The molecule has 0 atom stereocenters. The SMILES string of the molecule is CCN(CC)CCN1C(=O)c2cc(Cl)ccc2N(Cc2ccccc2)C12OC(=O)C(=O)O2. The van der Waals surface area contributed by atoms with Crippen LogP contribution in [0, 0.1) is 0 Å². The van der Waals surface area contributed by atoms with Gasteiger partial charge in [-0.2, -0.15) is 0 Å². The average molecular weight is 458 g/mol. The lowest BCUT2D eigenvalue weighted by Gasteiger charge is -2.48. The molecule has 2 aromatic rings. The predicted molar refractivity (Wildman–Crippen MR) is 118 cm³/mol. The number of amides is 1.